The summed E-state index contributed by atoms with van der Waals surface area (Å²) in [6, 6.07) is 5.52. The summed E-state index contributed by atoms with van der Waals surface area (Å²) in [5.74, 6) is -0.292. The van der Waals surface area contributed by atoms with Crippen LogP contribution in [0.1, 0.15) is 48.2 Å². The average Bonchev–Trinajstić information content (AvgIpc) is 3.02. The highest BCUT2D eigenvalue weighted by atomic mass is 16.6. The zero-order chi connectivity index (χ0) is 18.7. The number of carbonyl (C=O) groups is 2. The van der Waals surface area contributed by atoms with Crippen LogP contribution in [0.2, 0.25) is 0 Å². The van der Waals surface area contributed by atoms with Crippen LogP contribution in [0.4, 0.5) is 4.79 Å². The highest BCUT2D eigenvalue weighted by Crippen LogP contribution is 2.22. The maximum Gasteiger partial charge on any atom is 0.410 e. The third-order valence-corrected chi connectivity index (χ3v) is 3.96. The third-order valence-electron chi connectivity index (χ3n) is 3.96. The summed E-state index contributed by atoms with van der Waals surface area (Å²) in [4.78, 5) is 30.6. The molecular formula is C18H23N5O3. The van der Waals surface area contributed by atoms with Crippen molar-refractivity contribution in [3.63, 3.8) is 0 Å². The van der Waals surface area contributed by atoms with Crippen LogP contribution in [0, 0.1) is 0 Å². The van der Waals surface area contributed by atoms with E-state index in [0.29, 0.717) is 31.7 Å². The Bertz CT molecular complexity index is 795. The predicted octanol–water partition coefficient (Wildman–Crippen LogP) is 2.03. The maximum atomic E-state index is 12.5. The lowest BCUT2D eigenvalue weighted by atomic mass is 10.1. The van der Waals surface area contributed by atoms with Gasteiger partial charge in [0.15, 0.2) is 5.69 Å². The Morgan fingerprint density at radius 1 is 1.35 bits per heavy atom. The molecule has 8 heteroatoms. The van der Waals surface area contributed by atoms with Crippen molar-refractivity contribution in [3.8, 4) is 0 Å². The van der Waals surface area contributed by atoms with Crippen LogP contribution in [-0.2, 0) is 24.2 Å². The van der Waals surface area contributed by atoms with Gasteiger partial charge in [-0.25, -0.2) is 4.79 Å². The number of pyridine rings is 1. The van der Waals surface area contributed by atoms with Crippen LogP contribution >= 0.6 is 0 Å². The van der Waals surface area contributed by atoms with Gasteiger partial charge in [-0.1, -0.05) is 6.07 Å². The molecule has 0 atom stereocenters. The lowest BCUT2D eigenvalue weighted by Crippen LogP contribution is -2.40. The lowest BCUT2D eigenvalue weighted by Gasteiger charge is -2.30. The van der Waals surface area contributed by atoms with Crippen molar-refractivity contribution in [2.24, 2.45) is 0 Å². The predicted molar refractivity (Wildman–Crippen MR) is 94.3 cm³/mol. The molecule has 26 heavy (non-hydrogen) atoms. The molecule has 0 radical (unpaired) electrons. The minimum absolute atomic E-state index is 0.292. The fraction of sp³-hybridized carbons (Fsp3) is 0.444. The molecule has 0 aliphatic carbocycles. The number of carbonyl (C=O) groups excluding carboxylic acids is 2. The summed E-state index contributed by atoms with van der Waals surface area (Å²) < 4.78 is 5.42. The first-order chi connectivity index (χ1) is 12.3. The number of hydrogen-bond donors (Lipinski definition) is 2. The molecule has 0 bridgehead atoms. The number of H-pyrrole nitrogens is 1. The Hall–Kier alpha value is -2.90. The van der Waals surface area contributed by atoms with Crippen molar-refractivity contribution in [1.29, 1.82) is 0 Å². The van der Waals surface area contributed by atoms with Crippen LogP contribution < -0.4 is 5.32 Å². The van der Waals surface area contributed by atoms with E-state index in [1.165, 1.54) is 0 Å². The third kappa shape index (κ3) is 4.19. The molecule has 0 unspecified atom stereocenters. The number of aromatic amines is 1. The smallest absolute Gasteiger partial charge is 0.410 e. The van der Waals surface area contributed by atoms with E-state index < -0.39 is 5.60 Å². The number of rotatable bonds is 3. The number of aromatic nitrogens is 3. The van der Waals surface area contributed by atoms with Crippen molar-refractivity contribution in [1.82, 2.24) is 25.4 Å². The van der Waals surface area contributed by atoms with Gasteiger partial charge in [-0.15, -0.1) is 0 Å². The van der Waals surface area contributed by atoms with Gasteiger partial charge in [-0.2, -0.15) is 5.10 Å². The Kier molecular flexibility index (Phi) is 4.92. The number of amides is 2. The van der Waals surface area contributed by atoms with Crippen molar-refractivity contribution in [2.45, 2.75) is 45.9 Å². The van der Waals surface area contributed by atoms with E-state index in [1.807, 2.05) is 39.0 Å². The molecule has 0 spiro atoms. The van der Waals surface area contributed by atoms with E-state index >= 15 is 0 Å². The van der Waals surface area contributed by atoms with Gasteiger partial charge in [0.25, 0.3) is 5.91 Å². The van der Waals surface area contributed by atoms with E-state index in [2.05, 4.69) is 20.5 Å². The number of nitrogens with zero attached hydrogens (tertiary/aromatic N) is 3. The van der Waals surface area contributed by atoms with E-state index in [0.717, 1.165) is 17.0 Å². The minimum Gasteiger partial charge on any atom is -0.444 e. The number of hydrogen-bond acceptors (Lipinski definition) is 5. The van der Waals surface area contributed by atoms with Crippen molar-refractivity contribution >= 4 is 12.0 Å². The number of fused-ring (bicyclic) bond motifs is 1. The monoisotopic (exact) mass is 357 g/mol. The highest BCUT2D eigenvalue weighted by molar-refractivity contribution is 5.94. The molecular weight excluding hydrogens is 334 g/mol. The summed E-state index contributed by atoms with van der Waals surface area (Å²) in [5.41, 5.74) is 2.13. The second-order valence-corrected chi connectivity index (χ2v) is 7.18. The molecule has 0 saturated carbocycles. The average molecular weight is 357 g/mol. The van der Waals surface area contributed by atoms with Crippen LogP contribution in [0.15, 0.2) is 24.4 Å². The fourth-order valence-corrected chi connectivity index (χ4v) is 2.72. The molecule has 1 aliphatic rings. The Morgan fingerprint density at radius 3 is 2.85 bits per heavy atom. The number of nitrogens with one attached hydrogen (secondary N) is 2. The second-order valence-electron chi connectivity index (χ2n) is 7.18. The van der Waals surface area contributed by atoms with Gasteiger partial charge in [0.05, 0.1) is 18.8 Å². The fourth-order valence-electron chi connectivity index (χ4n) is 2.72. The maximum absolute atomic E-state index is 12.5. The lowest BCUT2D eigenvalue weighted by molar-refractivity contribution is 0.0222. The first-order valence-corrected chi connectivity index (χ1v) is 8.55. The topological polar surface area (TPSA) is 100 Å². The van der Waals surface area contributed by atoms with E-state index in [9.17, 15) is 9.59 Å². The Balaban J connectivity index is 1.68. The second kappa shape index (κ2) is 7.15. The molecule has 138 valence electrons. The van der Waals surface area contributed by atoms with E-state index in [-0.39, 0.29) is 12.0 Å². The molecule has 2 amide bonds. The summed E-state index contributed by atoms with van der Waals surface area (Å²) in [6.07, 6.45) is 1.90. The zero-order valence-corrected chi connectivity index (χ0v) is 15.2. The van der Waals surface area contributed by atoms with Gasteiger partial charge < -0.3 is 15.0 Å². The molecule has 2 aromatic rings. The van der Waals surface area contributed by atoms with Crippen LogP contribution in [0.3, 0.4) is 0 Å². The molecule has 8 nitrogen and oxygen atoms in total. The van der Waals surface area contributed by atoms with Crippen molar-refractivity contribution in [2.75, 3.05) is 6.54 Å². The normalized spacial score (nSPS) is 13.9. The standard InChI is InChI=1S/C18H23N5O3/c1-18(2,3)26-17(25)23-9-7-14-13(11-23)15(22-21-14)16(24)20-10-12-6-4-5-8-19-12/h4-6,8H,7,9-11H2,1-3H3,(H,20,24)(H,21,22). The van der Waals surface area contributed by atoms with E-state index in [4.69, 9.17) is 4.74 Å². The van der Waals surface area contributed by atoms with Crippen molar-refractivity contribution in [3.05, 3.63) is 47.0 Å². The largest absolute Gasteiger partial charge is 0.444 e. The van der Waals surface area contributed by atoms with Gasteiger partial charge in [0, 0.05) is 30.4 Å². The van der Waals surface area contributed by atoms with Crippen LogP contribution in [0.5, 0.6) is 0 Å². The molecule has 2 N–H and O–H groups in total. The van der Waals surface area contributed by atoms with E-state index in [1.54, 1.807) is 11.1 Å². The minimum atomic E-state index is -0.559. The van der Waals surface area contributed by atoms with Gasteiger partial charge in [0.1, 0.15) is 5.60 Å². The molecule has 0 aromatic carbocycles. The summed E-state index contributed by atoms with van der Waals surface area (Å²) in [6.45, 7) is 6.63. The van der Waals surface area contributed by atoms with Gasteiger partial charge >= 0.3 is 6.09 Å². The Morgan fingerprint density at radius 2 is 2.15 bits per heavy atom. The molecule has 0 fully saturated rings. The Labute approximate surface area is 151 Å². The molecule has 1 aliphatic heterocycles. The molecule has 3 rings (SSSR count). The van der Waals surface area contributed by atoms with Gasteiger partial charge in [-0.3, -0.25) is 14.9 Å². The summed E-state index contributed by atoms with van der Waals surface area (Å²) in [5, 5.41) is 9.87. The summed E-state index contributed by atoms with van der Waals surface area (Å²) >= 11 is 0. The van der Waals surface area contributed by atoms with Gasteiger partial charge in [0.2, 0.25) is 0 Å². The molecule has 3 heterocycles. The first-order valence-electron chi connectivity index (χ1n) is 8.55. The zero-order valence-electron chi connectivity index (χ0n) is 15.2. The first kappa shape index (κ1) is 17.9. The quantitative estimate of drug-likeness (QED) is 0.875. The van der Waals surface area contributed by atoms with Crippen molar-refractivity contribution < 1.29 is 14.3 Å². The molecule has 0 saturated heterocycles. The highest BCUT2D eigenvalue weighted by Gasteiger charge is 2.30. The SMILES string of the molecule is CC(C)(C)OC(=O)N1CCc2[nH]nc(C(=O)NCc3ccccn3)c2C1. The number of ether oxygens (including phenoxy) is 1. The molecule has 2 aromatic heterocycles. The van der Waals surface area contributed by atoms with Crippen LogP contribution in [-0.4, -0.2) is 44.2 Å². The summed E-state index contributed by atoms with van der Waals surface area (Å²) in [7, 11) is 0. The van der Waals surface area contributed by atoms with Crippen LogP contribution in [0.25, 0.3) is 0 Å². The van der Waals surface area contributed by atoms with Gasteiger partial charge in [-0.05, 0) is 32.9 Å².